The van der Waals surface area contributed by atoms with Gasteiger partial charge in [-0.15, -0.1) is 0 Å². The van der Waals surface area contributed by atoms with Crippen molar-refractivity contribution in [2.75, 3.05) is 0 Å². The second kappa shape index (κ2) is 6.52. The molecule has 1 aliphatic rings. The van der Waals surface area contributed by atoms with Crippen molar-refractivity contribution < 1.29 is 9.53 Å². The van der Waals surface area contributed by atoms with Crippen molar-refractivity contribution in [3.8, 4) is 29.0 Å². The van der Waals surface area contributed by atoms with Crippen LogP contribution in [0.4, 0.5) is 0 Å². The van der Waals surface area contributed by atoms with Gasteiger partial charge in [0.2, 0.25) is 5.88 Å². The van der Waals surface area contributed by atoms with Crippen LogP contribution in [0, 0.1) is 11.8 Å². The first-order chi connectivity index (χ1) is 12.6. The molecule has 3 aromatic rings. The summed E-state index contributed by atoms with van der Waals surface area (Å²) in [5, 5.41) is 11.3. The summed E-state index contributed by atoms with van der Waals surface area (Å²) in [5.74, 6) is 5.37. The van der Waals surface area contributed by atoms with Crippen LogP contribution in [0.1, 0.15) is 19.8 Å². The fraction of sp³-hybridized carbons (Fsp3) is 0.333. The molecule has 8 heteroatoms. The molecule has 1 saturated carbocycles. The number of aromatic nitrogens is 5. The number of fused-ring (bicyclic) bond motifs is 1. The summed E-state index contributed by atoms with van der Waals surface area (Å²) >= 11 is 0. The third kappa shape index (κ3) is 3.11. The van der Waals surface area contributed by atoms with Crippen molar-refractivity contribution in [3.63, 3.8) is 0 Å². The molecule has 0 bridgehead atoms. The zero-order valence-electron chi connectivity index (χ0n) is 14.5. The van der Waals surface area contributed by atoms with Crippen LogP contribution in [0.2, 0.25) is 0 Å². The van der Waals surface area contributed by atoms with Crippen LogP contribution in [0.15, 0.2) is 30.9 Å². The van der Waals surface area contributed by atoms with Gasteiger partial charge in [0.25, 0.3) is 5.91 Å². The number of amides is 1. The van der Waals surface area contributed by atoms with Gasteiger partial charge in [0.05, 0.1) is 24.3 Å². The first-order valence-corrected chi connectivity index (χ1v) is 8.35. The van der Waals surface area contributed by atoms with Crippen LogP contribution >= 0.6 is 0 Å². The van der Waals surface area contributed by atoms with Gasteiger partial charge in [-0.05, 0) is 18.9 Å². The summed E-state index contributed by atoms with van der Waals surface area (Å²) in [6.07, 6.45) is 8.68. The highest BCUT2D eigenvalue weighted by atomic mass is 16.5. The highest BCUT2D eigenvalue weighted by Crippen LogP contribution is 2.29. The van der Waals surface area contributed by atoms with Crippen molar-refractivity contribution in [1.82, 2.24) is 29.7 Å². The standard InChI is InChI=1S/C18H18N6O2/c1-3-4-17(25)21-13-7-14(8-13)26-18-16-5-6-19-24(16)11-15(22-18)12-9-20-23(2)10-12/h5-6,9-11,13-14H,7-8H2,1-2H3,(H,21,25). The molecule has 4 rings (SSSR count). The molecule has 0 saturated heterocycles. The number of nitrogens with one attached hydrogen (secondary N) is 1. The summed E-state index contributed by atoms with van der Waals surface area (Å²) in [4.78, 5) is 16.1. The lowest BCUT2D eigenvalue weighted by atomic mass is 9.89. The van der Waals surface area contributed by atoms with E-state index in [1.165, 1.54) is 0 Å². The van der Waals surface area contributed by atoms with E-state index in [0.717, 1.165) is 29.6 Å². The molecule has 0 aromatic carbocycles. The Morgan fingerprint density at radius 1 is 1.35 bits per heavy atom. The SMILES string of the molecule is CC#CC(=O)NC1CC(Oc2nc(-c3cnn(C)c3)cn3nccc23)C1. The number of rotatable bonds is 4. The highest BCUT2D eigenvalue weighted by molar-refractivity contribution is 5.93. The van der Waals surface area contributed by atoms with Gasteiger partial charge < -0.3 is 10.1 Å². The summed E-state index contributed by atoms with van der Waals surface area (Å²) < 4.78 is 9.55. The Kier molecular flexibility index (Phi) is 4.05. The van der Waals surface area contributed by atoms with Crippen molar-refractivity contribution in [2.24, 2.45) is 7.05 Å². The van der Waals surface area contributed by atoms with E-state index in [0.29, 0.717) is 5.88 Å². The topological polar surface area (TPSA) is 86.3 Å². The van der Waals surface area contributed by atoms with Gasteiger partial charge in [-0.3, -0.25) is 9.48 Å². The average molecular weight is 350 g/mol. The minimum atomic E-state index is -0.245. The van der Waals surface area contributed by atoms with Gasteiger partial charge in [0, 0.05) is 37.7 Å². The van der Waals surface area contributed by atoms with Gasteiger partial charge in [0.1, 0.15) is 11.6 Å². The minimum absolute atomic E-state index is 0.00485. The maximum atomic E-state index is 11.5. The molecule has 0 spiro atoms. The van der Waals surface area contributed by atoms with Crippen LogP contribution in [0.25, 0.3) is 16.8 Å². The fourth-order valence-electron chi connectivity index (χ4n) is 2.95. The Balaban J connectivity index is 1.51. The van der Waals surface area contributed by atoms with Crippen molar-refractivity contribution in [3.05, 3.63) is 30.9 Å². The molecule has 0 unspecified atom stereocenters. The first-order valence-electron chi connectivity index (χ1n) is 8.35. The first kappa shape index (κ1) is 16.1. The van der Waals surface area contributed by atoms with Crippen LogP contribution in [0.5, 0.6) is 5.88 Å². The molecule has 1 N–H and O–H groups in total. The molecule has 1 amide bonds. The number of carbonyl (C=O) groups is 1. The summed E-state index contributed by atoms with van der Waals surface area (Å²) in [6.45, 7) is 1.64. The minimum Gasteiger partial charge on any atom is -0.473 e. The van der Waals surface area contributed by atoms with Crippen molar-refractivity contribution in [2.45, 2.75) is 31.9 Å². The Morgan fingerprint density at radius 3 is 2.92 bits per heavy atom. The highest BCUT2D eigenvalue weighted by Gasteiger charge is 2.32. The number of ether oxygens (including phenoxy) is 1. The fourth-order valence-corrected chi connectivity index (χ4v) is 2.95. The van der Waals surface area contributed by atoms with Gasteiger partial charge in [-0.25, -0.2) is 9.50 Å². The monoisotopic (exact) mass is 350 g/mol. The molecule has 1 fully saturated rings. The van der Waals surface area contributed by atoms with Gasteiger partial charge in [-0.1, -0.05) is 5.92 Å². The largest absolute Gasteiger partial charge is 0.473 e. The van der Waals surface area contributed by atoms with E-state index in [4.69, 9.17) is 4.74 Å². The molecule has 26 heavy (non-hydrogen) atoms. The molecule has 8 nitrogen and oxygen atoms in total. The number of hydrogen-bond acceptors (Lipinski definition) is 5. The normalized spacial score (nSPS) is 18.7. The lowest BCUT2D eigenvalue weighted by Crippen LogP contribution is -2.48. The van der Waals surface area contributed by atoms with Crippen LogP contribution in [0.3, 0.4) is 0 Å². The summed E-state index contributed by atoms with van der Waals surface area (Å²) in [5.41, 5.74) is 2.44. The molecule has 0 atom stereocenters. The van der Waals surface area contributed by atoms with E-state index >= 15 is 0 Å². The molecule has 0 radical (unpaired) electrons. The number of hydrogen-bond donors (Lipinski definition) is 1. The Labute approximate surface area is 150 Å². The third-order valence-electron chi connectivity index (χ3n) is 4.30. The second-order valence-corrected chi connectivity index (χ2v) is 6.25. The smallest absolute Gasteiger partial charge is 0.296 e. The van der Waals surface area contributed by atoms with E-state index in [2.05, 4.69) is 32.3 Å². The predicted octanol–water partition coefficient (Wildman–Crippen LogP) is 1.18. The Morgan fingerprint density at radius 2 is 2.19 bits per heavy atom. The van der Waals surface area contributed by atoms with E-state index in [9.17, 15) is 4.79 Å². The maximum absolute atomic E-state index is 11.5. The van der Waals surface area contributed by atoms with E-state index < -0.39 is 0 Å². The summed E-state index contributed by atoms with van der Waals surface area (Å²) in [6, 6.07) is 1.96. The summed E-state index contributed by atoms with van der Waals surface area (Å²) in [7, 11) is 1.86. The predicted molar refractivity (Wildman–Crippen MR) is 94.2 cm³/mol. The average Bonchev–Trinajstić information content (AvgIpc) is 3.21. The molecular weight excluding hydrogens is 332 g/mol. The van der Waals surface area contributed by atoms with Crippen molar-refractivity contribution in [1.29, 1.82) is 0 Å². The molecule has 132 valence electrons. The Bertz CT molecular complexity index is 1020. The molecule has 3 aromatic heterocycles. The zero-order chi connectivity index (χ0) is 18.1. The third-order valence-corrected chi connectivity index (χ3v) is 4.30. The van der Waals surface area contributed by atoms with Gasteiger partial charge in [0.15, 0.2) is 0 Å². The lowest BCUT2D eigenvalue weighted by Gasteiger charge is -2.35. The number of carbonyl (C=O) groups excluding carboxylic acids is 1. The van der Waals surface area contributed by atoms with Crippen LogP contribution < -0.4 is 10.1 Å². The molecular formula is C18H18N6O2. The van der Waals surface area contributed by atoms with Crippen LogP contribution in [-0.4, -0.2) is 42.4 Å². The van der Waals surface area contributed by atoms with Crippen LogP contribution in [-0.2, 0) is 11.8 Å². The van der Waals surface area contributed by atoms with Gasteiger partial charge in [-0.2, -0.15) is 10.2 Å². The van der Waals surface area contributed by atoms with E-state index in [1.54, 1.807) is 28.5 Å². The van der Waals surface area contributed by atoms with E-state index in [-0.39, 0.29) is 18.1 Å². The quantitative estimate of drug-likeness (QED) is 0.714. The maximum Gasteiger partial charge on any atom is 0.296 e. The van der Waals surface area contributed by atoms with Crippen molar-refractivity contribution >= 4 is 11.4 Å². The number of nitrogens with zero attached hydrogens (tertiary/aromatic N) is 5. The Hall–Kier alpha value is -3.34. The molecule has 0 aliphatic heterocycles. The molecule has 3 heterocycles. The second-order valence-electron chi connectivity index (χ2n) is 6.25. The number of aryl methyl sites for hydroxylation is 1. The van der Waals surface area contributed by atoms with Gasteiger partial charge >= 0.3 is 0 Å². The molecule has 1 aliphatic carbocycles. The van der Waals surface area contributed by atoms with E-state index in [1.807, 2.05) is 25.5 Å². The zero-order valence-corrected chi connectivity index (χ0v) is 14.5. The lowest BCUT2D eigenvalue weighted by molar-refractivity contribution is -0.117.